The van der Waals surface area contributed by atoms with E-state index < -0.39 is 0 Å². The molecule has 0 spiro atoms. The number of hydrogen-bond donors (Lipinski definition) is 1. The van der Waals surface area contributed by atoms with Gasteiger partial charge in [0.05, 0.1) is 13.7 Å². The van der Waals surface area contributed by atoms with E-state index in [9.17, 15) is 14.7 Å². The van der Waals surface area contributed by atoms with Gasteiger partial charge in [0.15, 0.2) is 11.5 Å². The summed E-state index contributed by atoms with van der Waals surface area (Å²) >= 11 is 0. The van der Waals surface area contributed by atoms with Crippen molar-refractivity contribution in [3.05, 3.63) is 42.0 Å². The minimum absolute atomic E-state index is 0.0214. The van der Waals surface area contributed by atoms with Crippen LogP contribution in [0.5, 0.6) is 11.5 Å². The topological polar surface area (TPSA) is 82.1 Å². The number of phenols is 1. The summed E-state index contributed by atoms with van der Waals surface area (Å²) in [5.41, 5.74) is 2.62. The number of fused-ring (bicyclic) bond motifs is 7. The fraction of sp³-hybridized carbons (Fsp3) is 0.786. The van der Waals surface area contributed by atoms with Crippen molar-refractivity contribution in [2.24, 2.45) is 56.7 Å². The Hall–Kier alpha value is -2.76. The molecule has 6 nitrogen and oxygen atoms in total. The second-order valence-corrected chi connectivity index (χ2v) is 22.8. The molecule has 5 saturated carbocycles. The van der Waals surface area contributed by atoms with E-state index in [0.29, 0.717) is 48.4 Å². The Morgan fingerprint density at radius 3 is 2.08 bits per heavy atom. The number of hydrogen-bond acceptors (Lipinski definition) is 6. The van der Waals surface area contributed by atoms with Gasteiger partial charge in [-0.05, 0) is 147 Å². The fourth-order valence-electron chi connectivity index (χ4n) is 15.4. The average molecular weight is 857 g/mol. The van der Waals surface area contributed by atoms with Gasteiger partial charge in [-0.1, -0.05) is 137 Å². The lowest BCUT2D eigenvalue weighted by atomic mass is 9.32. The minimum Gasteiger partial charge on any atom is -0.504 e. The van der Waals surface area contributed by atoms with Crippen LogP contribution in [-0.2, 0) is 19.1 Å². The van der Waals surface area contributed by atoms with Crippen LogP contribution in [-0.4, -0.2) is 36.9 Å². The molecule has 5 fully saturated rings. The predicted octanol–water partition coefficient (Wildman–Crippen LogP) is 15.0. The number of allylic oxidation sites excluding steroid dienone is 1. The maximum absolute atomic E-state index is 13.3. The quantitative estimate of drug-likeness (QED) is 0.0574. The molecule has 0 saturated heterocycles. The summed E-state index contributed by atoms with van der Waals surface area (Å²) in [6.07, 6.45) is 32.2. The monoisotopic (exact) mass is 857 g/mol. The third-order valence-corrected chi connectivity index (χ3v) is 19.1. The second-order valence-electron chi connectivity index (χ2n) is 22.8. The molecule has 0 heterocycles. The Balaban J connectivity index is 1.04. The van der Waals surface area contributed by atoms with Crippen LogP contribution in [0.25, 0.3) is 6.08 Å². The summed E-state index contributed by atoms with van der Waals surface area (Å²) in [6.45, 7) is 22.4. The highest BCUT2D eigenvalue weighted by Gasteiger charge is 2.71. The van der Waals surface area contributed by atoms with Crippen molar-refractivity contribution >= 4 is 18.0 Å². The van der Waals surface area contributed by atoms with Gasteiger partial charge in [-0.2, -0.15) is 0 Å². The molecule has 0 amide bonds. The molecule has 0 radical (unpaired) electrons. The van der Waals surface area contributed by atoms with E-state index in [1.165, 1.54) is 121 Å². The highest BCUT2D eigenvalue weighted by atomic mass is 16.5. The molecule has 62 heavy (non-hydrogen) atoms. The molecule has 1 aromatic rings. The van der Waals surface area contributed by atoms with Crippen molar-refractivity contribution in [3.63, 3.8) is 0 Å². The van der Waals surface area contributed by atoms with Crippen molar-refractivity contribution < 1.29 is 28.9 Å². The van der Waals surface area contributed by atoms with Crippen molar-refractivity contribution in [1.29, 1.82) is 0 Å². The van der Waals surface area contributed by atoms with Crippen LogP contribution in [0.2, 0.25) is 0 Å². The summed E-state index contributed by atoms with van der Waals surface area (Å²) in [7, 11) is 1.52. The summed E-state index contributed by atoms with van der Waals surface area (Å²) in [4.78, 5) is 26.6. The molecular weight excluding hydrogens is 769 g/mol. The number of phenolic OH excluding ortho intramolecular Hbond substituents is 1. The molecule has 0 unspecified atom stereocenters. The van der Waals surface area contributed by atoms with Crippen molar-refractivity contribution in [2.75, 3.05) is 13.7 Å². The van der Waals surface area contributed by atoms with Gasteiger partial charge in [-0.25, -0.2) is 4.79 Å². The van der Waals surface area contributed by atoms with Crippen LogP contribution in [0, 0.1) is 56.7 Å². The standard InChI is InChI=1S/C56H88O6/c1-10-11-12-13-14-15-16-17-18-19-20-21-22-23-49(58)61-39-56-35-30-42(40(2)3)51(56)43-26-28-47-53(6)33-32-48(62-50(59)29-25-41-24-27-44(57)45(38-41)60-9)52(4,5)46(53)31-34-55(47,8)54(43,7)36-37-56/h24-25,27,29,38,42-43,46-48,51,57H,2,10-23,26,28,30-37,39H2,1,3-9H3/b29-25+/t42-,43+,46-,47+,48-,51+,53-,54+,55+,56+/m0/s1. The molecule has 5 aliphatic rings. The molecule has 6 heteroatoms. The molecule has 348 valence electrons. The number of carbonyl (C=O) groups excluding carboxylic acids is 2. The van der Waals surface area contributed by atoms with Gasteiger partial charge in [-0.15, -0.1) is 0 Å². The highest BCUT2D eigenvalue weighted by molar-refractivity contribution is 5.87. The second kappa shape index (κ2) is 20.6. The first-order valence-corrected chi connectivity index (χ1v) is 25.6. The van der Waals surface area contributed by atoms with Crippen molar-refractivity contribution in [3.8, 4) is 11.5 Å². The lowest BCUT2D eigenvalue weighted by Gasteiger charge is -2.73. The van der Waals surface area contributed by atoms with Gasteiger partial charge < -0.3 is 19.3 Å². The van der Waals surface area contributed by atoms with Gasteiger partial charge in [0.1, 0.15) is 6.10 Å². The first kappa shape index (κ1) is 48.7. The van der Waals surface area contributed by atoms with E-state index in [-0.39, 0.29) is 50.9 Å². The van der Waals surface area contributed by atoms with Crippen molar-refractivity contribution in [1.82, 2.24) is 0 Å². The zero-order valence-corrected chi connectivity index (χ0v) is 40.7. The Labute approximate surface area is 378 Å². The van der Waals surface area contributed by atoms with Gasteiger partial charge in [0.2, 0.25) is 0 Å². The number of unbranched alkanes of at least 4 members (excludes halogenated alkanes) is 12. The van der Waals surface area contributed by atoms with Crippen LogP contribution in [0.15, 0.2) is 36.4 Å². The van der Waals surface area contributed by atoms with Gasteiger partial charge in [0.25, 0.3) is 0 Å². The van der Waals surface area contributed by atoms with Crippen LogP contribution in [0.4, 0.5) is 0 Å². The van der Waals surface area contributed by atoms with Crippen LogP contribution >= 0.6 is 0 Å². The zero-order chi connectivity index (χ0) is 44.8. The van der Waals surface area contributed by atoms with Crippen molar-refractivity contribution in [2.45, 2.75) is 209 Å². The lowest BCUT2D eigenvalue weighted by Crippen LogP contribution is -2.67. The molecule has 6 rings (SSSR count). The first-order chi connectivity index (χ1) is 29.6. The smallest absolute Gasteiger partial charge is 0.331 e. The maximum Gasteiger partial charge on any atom is 0.331 e. The number of benzene rings is 1. The lowest BCUT2D eigenvalue weighted by molar-refractivity contribution is -0.251. The molecule has 5 aliphatic carbocycles. The minimum atomic E-state index is -0.313. The van der Waals surface area contributed by atoms with E-state index in [1.807, 2.05) is 0 Å². The van der Waals surface area contributed by atoms with E-state index in [0.717, 1.165) is 50.5 Å². The molecule has 1 aromatic carbocycles. The Morgan fingerprint density at radius 1 is 0.774 bits per heavy atom. The summed E-state index contributed by atoms with van der Waals surface area (Å²) in [6, 6.07) is 5.06. The average Bonchev–Trinajstić information content (AvgIpc) is 3.63. The van der Waals surface area contributed by atoms with Crippen LogP contribution < -0.4 is 4.74 Å². The zero-order valence-electron chi connectivity index (χ0n) is 40.7. The summed E-state index contributed by atoms with van der Waals surface area (Å²) in [5, 5.41) is 9.99. The molecular formula is C56H88O6. The van der Waals surface area contributed by atoms with Crippen LogP contribution in [0.1, 0.15) is 208 Å². The summed E-state index contributed by atoms with van der Waals surface area (Å²) < 4.78 is 17.9. The maximum atomic E-state index is 13.3. The molecule has 10 atom stereocenters. The fourth-order valence-corrected chi connectivity index (χ4v) is 15.4. The van der Waals surface area contributed by atoms with Gasteiger partial charge >= 0.3 is 11.9 Å². The van der Waals surface area contributed by atoms with E-state index in [2.05, 4.69) is 55.0 Å². The Bertz CT molecular complexity index is 1710. The van der Waals surface area contributed by atoms with Gasteiger partial charge in [-0.3, -0.25) is 4.79 Å². The summed E-state index contributed by atoms with van der Waals surface area (Å²) in [5.74, 6) is 2.87. The number of methoxy groups -OCH3 is 1. The molecule has 0 bridgehead atoms. The van der Waals surface area contributed by atoms with E-state index >= 15 is 0 Å². The largest absolute Gasteiger partial charge is 0.504 e. The molecule has 0 aromatic heterocycles. The number of rotatable bonds is 21. The third-order valence-electron chi connectivity index (χ3n) is 19.1. The predicted molar refractivity (Wildman–Crippen MR) is 254 cm³/mol. The van der Waals surface area contributed by atoms with E-state index in [4.69, 9.17) is 14.2 Å². The highest BCUT2D eigenvalue weighted by Crippen LogP contribution is 2.77. The number of esters is 2. The third kappa shape index (κ3) is 9.90. The number of carbonyl (C=O) groups is 2. The first-order valence-electron chi connectivity index (χ1n) is 25.6. The Kier molecular flexibility index (Phi) is 16.2. The normalized spacial score (nSPS) is 34.7. The van der Waals surface area contributed by atoms with Gasteiger partial charge in [0, 0.05) is 23.3 Å². The Morgan fingerprint density at radius 2 is 1.44 bits per heavy atom. The molecule has 0 aliphatic heterocycles. The number of ether oxygens (including phenoxy) is 3. The molecule has 1 N–H and O–H groups in total. The SMILES string of the molecule is C=C(C)[C@@H]1CC[C@]2(COC(=O)CCCCCCCCCCCCCCC)CC[C@]3(C)[C@H](CC[C@@H]4[C@@]5(C)CC[C@H](OC(=O)/C=C/c6ccc(O)c(OC)c6)C(C)(C)[C@@H]5CC[C@]43C)[C@@H]12. The van der Waals surface area contributed by atoms with E-state index in [1.54, 1.807) is 24.3 Å². The number of aromatic hydroxyl groups is 1. The van der Waals surface area contributed by atoms with Crippen LogP contribution in [0.3, 0.4) is 0 Å².